The highest BCUT2D eigenvalue weighted by molar-refractivity contribution is 5.89. The first-order chi connectivity index (χ1) is 14.5. The van der Waals surface area contributed by atoms with Gasteiger partial charge >= 0.3 is 6.03 Å². The second-order valence-corrected chi connectivity index (χ2v) is 8.58. The Kier molecular flexibility index (Phi) is 5.97. The van der Waals surface area contributed by atoms with Crippen LogP contribution in [-0.4, -0.2) is 85.2 Å². The molecule has 3 fully saturated rings. The van der Waals surface area contributed by atoms with Gasteiger partial charge in [-0.1, -0.05) is 0 Å². The number of benzene rings is 1. The molecule has 0 bridgehead atoms. The molecule has 30 heavy (non-hydrogen) atoms. The monoisotopic (exact) mass is 418 g/mol. The Labute approximate surface area is 177 Å². The summed E-state index contributed by atoms with van der Waals surface area (Å²) in [7, 11) is 1.70. The molecule has 3 amide bonds. The van der Waals surface area contributed by atoms with Crippen LogP contribution in [-0.2, 0) is 9.53 Å². The van der Waals surface area contributed by atoms with E-state index in [0.717, 1.165) is 32.5 Å². The van der Waals surface area contributed by atoms with Crippen molar-refractivity contribution < 1.29 is 18.7 Å². The lowest BCUT2D eigenvalue weighted by atomic mass is 9.75. The number of likely N-dealkylation sites (tertiary alicyclic amines) is 3. The summed E-state index contributed by atoms with van der Waals surface area (Å²) in [5, 5.41) is 2.85. The Morgan fingerprint density at radius 1 is 1.23 bits per heavy atom. The lowest BCUT2D eigenvalue weighted by molar-refractivity contribution is -0.135. The topological polar surface area (TPSA) is 65.1 Å². The van der Waals surface area contributed by atoms with Gasteiger partial charge in [0.05, 0.1) is 18.1 Å². The number of carbonyl (C=O) groups is 2. The summed E-state index contributed by atoms with van der Waals surface area (Å²) in [5.41, 5.74) is 0.419. The number of ether oxygens (including phenoxy) is 1. The van der Waals surface area contributed by atoms with Crippen LogP contribution in [0, 0.1) is 17.7 Å². The van der Waals surface area contributed by atoms with Crippen LogP contribution in [0.15, 0.2) is 24.3 Å². The molecule has 3 aliphatic heterocycles. The van der Waals surface area contributed by atoms with Gasteiger partial charge in [-0.25, -0.2) is 9.18 Å². The summed E-state index contributed by atoms with van der Waals surface area (Å²) < 4.78 is 18.3. The quantitative estimate of drug-likeness (QED) is 0.797. The molecule has 0 unspecified atom stereocenters. The maximum absolute atomic E-state index is 13.1. The fourth-order valence-electron chi connectivity index (χ4n) is 5.65. The molecular formula is C22H31FN4O3. The lowest BCUT2D eigenvalue weighted by Gasteiger charge is -2.47. The highest BCUT2D eigenvalue weighted by Gasteiger charge is 2.61. The highest BCUT2D eigenvalue weighted by atomic mass is 19.1. The summed E-state index contributed by atoms with van der Waals surface area (Å²) in [6.07, 6.45) is 1.59. The molecule has 3 heterocycles. The Balaban J connectivity index is 1.42. The van der Waals surface area contributed by atoms with Crippen LogP contribution in [0.3, 0.4) is 0 Å². The van der Waals surface area contributed by atoms with E-state index in [-0.39, 0.29) is 29.2 Å². The van der Waals surface area contributed by atoms with Crippen molar-refractivity contribution in [3.8, 4) is 0 Å². The molecular weight excluding hydrogens is 387 g/mol. The standard InChI is InChI=1S/C22H31FN4O3/c1-3-27-20(28)18-14-25(12-13-30-2)15-19(18)22(27)8-10-26(11-9-22)21(29)24-17-6-4-16(23)5-7-17/h4-7,18-19H,3,8-15H2,1-2H3,(H,24,29)/t18-,19+/m1/s1. The fraction of sp³-hybridized carbons (Fsp3) is 0.636. The van der Waals surface area contributed by atoms with Gasteiger partial charge in [-0.15, -0.1) is 0 Å². The number of anilines is 1. The van der Waals surface area contributed by atoms with Crippen molar-refractivity contribution in [3.05, 3.63) is 30.1 Å². The molecule has 1 N–H and O–H groups in total. The Morgan fingerprint density at radius 3 is 2.57 bits per heavy atom. The van der Waals surface area contributed by atoms with Gasteiger partial charge in [-0.05, 0) is 44.0 Å². The van der Waals surface area contributed by atoms with Crippen molar-refractivity contribution in [2.75, 3.05) is 58.3 Å². The summed E-state index contributed by atoms with van der Waals surface area (Å²) >= 11 is 0. The van der Waals surface area contributed by atoms with Crippen LogP contribution in [0.2, 0.25) is 0 Å². The molecule has 1 aromatic carbocycles. The summed E-state index contributed by atoms with van der Waals surface area (Å²) in [6.45, 7) is 7.23. The molecule has 0 radical (unpaired) electrons. The number of hydrogen-bond acceptors (Lipinski definition) is 4. The number of rotatable bonds is 5. The first-order valence-corrected chi connectivity index (χ1v) is 10.8. The minimum atomic E-state index is -0.330. The van der Waals surface area contributed by atoms with Crippen LogP contribution in [0.25, 0.3) is 0 Å². The van der Waals surface area contributed by atoms with Crippen molar-refractivity contribution >= 4 is 17.6 Å². The fourth-order valence-corrected chi connectivity index (χ4v) is 5.65. The van der Waals surface area contributed by atoms with Crippen LogP contribution in [0.1, 0.15) is 19.8 Å². The van der Waals surface area contributed by atoms with Gasteiger partial charge in [0.1, 0.15) is 5.82 Å². The van der Waals surface area contributed by atoms with Crippen molar-refractivity contribution in [3.63, 3.8) is 0 Å². The highest BCUT2D eigenvalue weighted by Crippen LogP contribution is 2.49. The second-order valence-electron chi connectivity index (χ2n) is 8.58. The molecule has 164 valence electrons. The average molecular weight is 419 g/mol. The van der Waals surface area contributed by atoms with E-state index in [1.165, 1.54) is 12.1 Å². The van der Waals surface area contributed by atoms with Crippen LogP contribution < -0.4 is 5.32 Å². The Hall–Kier alpha value is -2.19. The van der Waals surface area contributed by atoms with E-state index in [0.29, 0.717) is 37.8 Å². The molecule has 1 spiro atoms. The lowest BCUT2D eigenvalue weighted by Crippen LogP contribution is -2.58. The summed E-state index contributed by atoms with van der Waals surface area (Å²) in [5.74, 6) is 0.307. The van der Waals surface area contributed by atoms with Gasteiger partial charge in [-0.2, -0.15) is 0 Å². The van der Waals surface area contributed by atoms with Gasteiger partial charge in [-0.3, -0.25) is 9.69 Å². The van der Waals surface area contributed by atoms with E-state index < -0.39 is 0 Å². The van der Waals surface area contributed by atoms with Gasteiger partial charge in [0.15, 0.2) is 0 Å². The third kappa shape index (κ3) is 3.67. The number of fused-ring (bicyclic) bond motifs is 2. The largest absolute Gasteiger partial charge is 0.383 e. The van der Waals surface area contributed by atoms with E-state index in [1.807, 2.05) is 0 Å². The zero-order chi connectivity index (χ0) is 21.3. The summed E-state index contributed by atoms with van der Waals surface area (Å²) in [6, 6.07) is 5.61. The van der Waals surface area contributed by atoms with E-state index in [1.54, 1.807) is 24.1 Å². The van der Waals surface area contributed by atoms with Gasteiger partial charge in [0, 0.05) is 58.0 Å². The Morgan fingerprint density at radius 2 is 1.93 bits per heavy atom. The normalized spacial score (nSPS) is 25.8. The number of amides is 3. The van der Waals surface area contributed by atoms with Crippen molar-refractivity contribution in [1.82, 2.24) is 14.7 Å². The molecule has 8 heteroatoms. The second kappa shape index (κ2) is 8.51. The van der Waals surface area contributed by atoms with Crippen molar-refractivity contribution in [2.45, 2.75) is 25.3 Å². The maximum Gasteiger partial charge on any atom is 0.321 e. The number of nitrogens with zero attached hydrogens (tertiary/aromatic N) is 3. The molecule has 3 aliphatic rings. The predicted octanol–water partition coefficient (Wildman–Crippen LogP) is 2.25. The number of nitrogens with one attached hydrogen (secondary N) is 1. The van der Waals surface area contributed by atoms with Crippen LogP contribution >= 0.6 is 0 Å². The van der Waals surface area contributed by atoms with E-state index in [4.69, 9.17) is 4.74 Å². The van der Waals surface area contributed by atoms with E-state index >= 15 is 0 Å². The van der Waals surface area contributed by atoms with Gasteiger partial charge < -0.3 is 19.9 Å². The van der Waals surface area contributed by atoms with Gasteiger partial charge in [0.25, 0.3) is 0 Å². The number of hydrogen-bond donors (Lipinski definition) is 1. The molecule has 4 rings (SSSR count). The van der Waals surface area contributed by atoms with E-state index in [2.05, 4.69) is 22.0 Å². The maximum atomic E-state index is 13.1. The molecule has 3 saturated heterocycles. The number of methoxy groups -OCH3 is 1. The predicted molar refractivity (Wildman–Crippen MR) is 112 cm³/mol. The third-order valence-electron chi connectivity index (χ3n) is 7.15. The average Bonchev–Trinajstić information content (AvgIpc) is 3.26. The smallest absolute Gasteiger partial charge is 0.321 e. The zero-order valence-electron chi connectivity index (χ0n) is 17.8. The first-order valence-electron chi connectivity index (χ1n) is 10.8. The van der Waals surface area contributed by atoms with Gasteiger partial charge in [0.2, 0.25) is 5.91 Å². The SMILES string of the molecule is CCN1C(=O)[C@@H]2CN(CCOC)C[C@@H]2C12CCN(C(=O)Nc1ccc(F)cc1)CC2. The Bertz CT molecular complexity index is 779. The van der Waals surface area contributed by atoms with Crippen molar-refractivity contribution in [1.29, 1.82) is 0 Å². The number of urea groups is 1. The molecule has 0 saturated carbocycles. The number of piperidine rings is 1. The van der Waals surface area contributed by atoms with Crippen LogP contribution in [0.5, 0.6) is 0 Å². The zero-order valence-corrected chi connectivity index (χ0v) is 17.8. The number of carbonyl (C=O) groups excluding carboxylic acids is 2. The first kappa shape index (κ1) is 21.1. The summed E-state index contributed by atoms with van der Waals surface area (Å²) in [4.78, 5) is 32.1. The molecule has 0 aliphatic carbocycles. The minimum Gasteiger partial charge on any atom is -0.383 e. The van der Waals surface area contributed by atoms with Crippen LogP contribution in [0.4, 0.5) is 14.9 Å². The van der Waals surface area contributed by atoms with E-state index in [9.17, 15) is 14.0 Å². The molecule has 7 nitrogen and oxygen atoms in total. The molecule has 2 atom stereocenters. The molecule has 1 aromatic rings. The minimum absolute atomic E-state index is 0.0568. The van der Waals surface area contributed by atoms with Crippen molar-refractivity contribution in [2.24, 2.45) is 11.8 Å². The number of halogens is 1. The third-order valence-corrected chi connectivity index (χ3v) is 7.15. The molecule has 0 aromatic heterocycles.